The number of ketones is 1. The molecule has 1 fully saturated rings. The minimum atomic E-state index is -0.0738. The highest BCUT2D eigenvalue weighted by Gasteiger charge is 2.29. The van der Waals surface area contributed by atoms with Crippen LogP contribution in [0.25, 0.3) is 11.1 Å². The second kappa shape index (κ2) is 8.27. The number of pyridine rings is 1. The summed E-state index contributed by atoms with van der Waals surface area (Å²) in [6.45, 7) is 4.75. The van der Waals surface area contributed by atoms with Crippen molar-refractivity contribution in [2.24, 2.45) is 17.8 Å². The van der Waals surface area contributed by atoms with Crippen LogP contribution in [-0.2, 0) is 22.6 Å². The number of rotatable bonds is 5. The third-order valence-electron chi connectivity index (χ3n) is 6.10. The van der Waals surface area contributed by atoms with Gasteiger partial charge in [0.15, 0.2) is 0 Å². The first-order valence-electron chi connectivity index (χ1n) is 10.4. The van der Waals surface area contributed by atoms with Crippen molar-refractivity contribution in [3.05, 3.63) is 29.2 Å². The fourth-order valence-corrected chi connectivity index (χ4v) is 4.97. The molecule has 0 radical (unpaired) electrons. The lowest BCUT2D eigenvalue weighted by Gasteiger charge is -2.27. The monoisotopic (exact) mass is 414 g/mol. The van der Waals surface area contributed by atoms with Crippen LogP contribution < -0.4 is 5.32 Å². The quantitative estimate of drug-likeness (QED) is 0.780. The van der Waals surface area contributed by atoms with Gasteiger partial charge in [-0.1, -0.05) is 24.9 Å². The van der Waals surface area contributed by atoms with Gasteiger partial charge in [0.1, 0.15) is 11.6 Å². The van der Waals surface area contributed by atoms with E-state index in [1.807, 2.05) is 16.9 Å². The number of amides is 1. The Morgan fingerprint density at radius 3 is 2.90 bits per heavy atom. The summed E-state index contributed by atoms with van der Waals surface area (Å²) in [5.74, 6) is 1.48. The van der Waals surface area contributed by atoms with E-state index in [2.05, 4.69) is 22.3 Å². The number of hydrogen-bond acceptors (Lipinski definition) is 4. The lowest BCUT2D eigenvalue weighted by atomic mass is 9.79. The predicted molar refractivity (Wildman–Crippen MR) is 113 cm³/mol. The molecule has 2 aromatic heterocycles. The summed E-state index contributed by atoms with van der Waals surface area (Å²) >= 11 is 6.43. The zero-order valence-electron chi connectivity index (χ0n) is 16.9. The van der Waals surface area contributed by atoms with E-state index in [0.717, 1.165) is 49.8 Å². The molecule has 4 rings (SSSR count). The van der Waals surface area contributed by atoms with Gasteiger partial charge in [0, 0.05) is 41.9 Å². The molecule has 3 atom stereocenters. The number of halogens is 1. The van der Waals surface area contributed by atoms with Crippen molar-refractivity contribution in [3.63, 3.8) is 0 Å². The van der Waals surface area contributed by atoms with Crippen molar-refractivity contribution in [3.8, 4) is 11.1 Å². The summed E-state index contributed by atoms with van der Waals surface area (Å²) in [5.41, 5.74) is 3.05. The van der Waals surface area contributed by atoms with Crippen molar-refractivity contribution in [2.45, 2.75) is 58.9 Å². The molecule has 7 heteroatoms. The van der Waals surface area contributed by atoms with Gasteiger partial charge in [-0.15, -0.1) is 0 Å². The second-order valence-electron chi connectivity index (χ2n) is 8.67. The summed E-state index contributed by atoms with van der Waals surface area (Å²) in [7, 11) is 0. The predicted octanol–water partition coefficient (Wildman–Crippen LogP) is 4.51. The molecule has 0 spiro atoms. The first-order valence-corrected chi connectivity index (χ1v) is 10.8. The van der Waals surface area contributed by atoms with Gasteiger partial charge >= 0.3 is 0 Å². The number of hydrogen-bond donors (Lipinski definition) is 1. The number of carbonyl (C=O) groups excluding carboxylic acids is 2. The van der Waals surface area contributed by atoms with Crippen molar-refractivity contribution in [2.75, 3.05) is 5.32 Å². The summed E-state index contributed by atoms with van der Waals surface area (Å²) in [4.78, 5) is 28.6. The molecule has 1 aliphatic carbocycles. The number of nitrogens with zero attached hydrogens (tertiary/aromatic N) is 3. The highest BCUT2D eigenvalue weighted by molar-refractivity contribution is 6.33. The molecule has 1 aliphatic heterocycles. The Balaban J connectivity index is 1.50. The Morgan fingerprint density at radius 2 is 2.10 bits per heavy atom. The minimum Gasteiger partial charge on any atom is -0.310 e. The highest BCUT2D eigenvalue weighted by Crippen LogP contribution is 2.36. The number of anilines is 1. The SMILES string of the molecule is CC(=O)C[C@@H]1CCC[C@H](C(=O)Nc2cc(-c3cnn4c3CC(C)C4)c(Cl)cn2)C1. The van der Waals surface area contributed by atoms with Crippen molar-refractivity contribution in [1.29, 1.82) is 0 Å². The molecule has 1 saturated carbocycles. The van der Waals surface area contributed by atoms with Gasteiger partial charge in [0.25, 0.3) is 0 Å². The van der Waals surface area contributed by atoms with Gasteiger partial charge in [-0.25, -0.2) is 4.98 Å². The Hall–Kier alpha value is -2.21. The number of Topliss-reactive ketones (excluding diaryl/α,β-unsaturated/α-hetero) is 1. The average molecular weight is 415 g/mol. The van der Waals surface area contributed by atoms with Crippen LogP contribution in [0, 0.1) is 17.8 Å². The molecule has 0 bridgehead atoms. The van der Waals surface area contributed by atoms with E-state index in [4.69, 9.17) is 11.6 Å². The van der Waals surface area contributed by atoms with Crippen molar-refractivity contribution < 1.29 is 9.59 Å². The maximum Gasteiger partial charge on any atom is 0.228 e. The molecule has 3 heterocycles. The topological polar surface area (TPSA) is 76.9 Å². The largest absolute Gasteiger partial charge is 0.310 e. The number of fused-ring (bicyclic) bond motifs is 1. The van der Waals surface area contributed by atoms with E-state index in [9.17, 15) is 9.59 Å². The van der Waals surface area contributed by atoms with Crippen molar-refractivity contribution >= 4 is 29.1 Å². The van der Waals surface area contributed by atoms with Crippen LogP contribution in [0.2, 0.25) is 5.02 Å². The van der Waals surface area contributed by atoms with E-state index in [1.54, 1.807) is 13.1 Å². The van der Waals surface area contributed by atoms with Crippen LogP contribution >= 0.6 is 11.6 Å². The zero-order valence-corrected chi connectivity index (χ0v) is 17.7. The Bertz CT molecular complexity index is 939. The van der Waals surface area contributed by atoms with Crippen molar-refractivity contribution in [1.82, 2.24) is 14.8 Å². The Kier molecular flexibility index (Phi) is 5.72. The van der Waals surface area contributed by atoms with E-state index in [1.165, 1.54) is 5.69 Å². The molecule has 2 aliphatic rings. The Morgan fingerprint density at radius 1 is 1.28 bits per heavy atom. The average Bonchev–Trinajstić information content (AvgIpc) is 3.22. The van der Waals surface area contributed by atoms with Gasteiger partial charge in [0.2, 0.25) is 5.91 Å². The fraction of sp³-hybridized carbons (Fsp3) is 0.545. The summed E-state index contributed by atoms with van der Waals surface area (Å²) in [5, 5.41) is 8.01. The van der Waals surface area contributed by atoms with Crippen LogP contribution in [0.3, 0.4) is 0 Å². The van der Waals surface area contributed by atoms with Gasteiger partial charge in [0.05, 0.1) is 11.2 Å². The van der Waals surface area contributed by atoms with Gasteiger partial charge in [-0.05, 0) is 50.5 Å². The highest BCUT2D eigenvalue weighted by atomic mass is 35.5. The second-order valence-corrected chi connectivity index (χ2v) is 9.08. The lowest BCUT2D eigenvalue weighted by molar-refractivity contribution is -0.123. The van der Waals surface area contributed by atoms with E-state index >= 15 is 0 Å². The first-order chi connectivity index (χ1) is 13.9. The molecule has 29 heavy (non-hydrogen) atoms. The molecule has 0 aromatic carbocycles. The first kappa shape index (κ1) is 20.1. The lowest BCUT2D eigenvalue weighted by Crippen LogP contribution is -2.29. The molecule has 6 nitrogen and oxygen atoms in total. The van der Waals surface area contributed by atoms with Crippen LogP contribution in [-0.4, -0.2) is 26.5 Å². The van der Waals surface area contributed by atoms with E-state index in [0.29, 0.717) is 29.1 Å². The van der Waals surface area contributed by atoms with Crippen LogP contribution in [0.1, 0.15) is 51.6 Å². The molecular formula is C22H27ClN4O2. The molecular weight excluding hydrogens is 388 g/mol. The third-order valence-corrected chi connectivity index (χ3v) is 6.40. The van der Waals surface area contributed by atoms with Gasteiger partial charge in [-0.3, -0.25) is 9.48 Å². The summed E-state index contributed by atoms with van der Waals surface area (Å²) in [6.07, 6.45) is 8.60. The van der Waals surface area contributed by atoms with Crippen LogP contribution in [0.4, 0.5) is 5.82 Å². The smallest absolute Gasteiger partial charge is 0.228 e. The van der Waals surface area contributed by atoms with E-state index < -0.39 is 0 Å². The molecule has 154 valence electrons. The molecule has 1 amide bonds. The normalized spacial score (nSPS) is 23.6. The van der Waals surface area contributed by atoms with Gasteiger partial charge in [-0.2, -0.15) is 5.10 Å². The molecule has 0 saturated heterocycles. The number of nitrogens with one attached hydrogen (secondary N) is 1. The maximum atomic E-state index is 12.8. The Labute approximate surface area is 176 Å². The zero-order chi connectivity index (χ0) is 20.5. The third kappa shape index (κ3) is 4.37. The molecule has 1 N–H and O–H groups in total. The van der Waals surface area contributed by atoms with Gasteiger partial charge < -0.3 is 10.1 Å². The molecule has 1 unspecified atom stereocenters. The maximum absolute atomic E-state index is 12.8. The number of aromatic nitrogens is 3. The standard InChI is InChI=1S/C22H27ClN4O2/c1-13-6-20-18(10-25-27(20)12-13)17-9-21(24-11-19(17)23)26-22(29)16-5-3-4-15(8-16)7-14(2)28/h9-11,13,15-16H,3-8,12H2,1-2H3,(H,24,26,29)/t13?,15-,16-/m0/s1. The van der Waals surface area contributed by atoms with Crippen LogP contribution in [0.15, 0.2) is 18.5 Å². The fourth-order valence-electron chi connectivity index (χ4n) is 4.76. The minimum absolute atomic E-state index is 0.0205. The molecule has 2 aromatic rings. The number of carbonyl (C=O) groups is 2. The van der Waals surface area contributed by atoms with E-state index in [-0.39, 0.29) is 17.6 Å². The summed E-state index contributed by atoms with van der Waals surface area (Å²) < 4.78 is 2.03. The summed E-state index contributed by atoms with van der Waals surface area (Å²) in [6, 6.07) is 1.84. The van der Waals surface area contributed by atoms with Crippen LogP contribution in [0.5, 0.6) is 0 Å².